The molecule has 0 aliphatic carbocycles. The average molecular weight is 632 g/mol. The number of hydrogen-bond donors (Lipinski definition) is 1. The smallest absolute Gasteiger partial charge is 0.145 e. The highest BCUT2D eigenvalue weighted by Crippen LogP contribution is 2.48. The van der Waals surface area contributed by atoms with Crippen molar-refractivity contribution in [2.75, 3.05) is 0 Å². The number of benzene rings is 7. The van der Waals surface area contributed by atoms with Crippen molar-refractivity contribution in [2.45, 2.75) is 6.17 Å². The van der Waals surface area contributed by atoms with Crippen LogP contribution >= 0.6 is 11.3 Å². The van der Waals surface area contributed by atoms with Crippen LogP contribution in [0.15, 0.2) is 169 Å². The van der Waals surface area contributed by atoms with Crippen LogP contribution in [0.4, 0.5) is 0 Å². The summed E-state index contributed by atoms with van der Waals surface area (Å²) in [6, 6.07) is 56.5. The van der Waals surface area contributed by atoms with Crippen LogP contribution in [0.2, 0.25) is 0 Å². The Kier molecular flexibility index (Phi) is 6.11. The van der Waals surface area contributed by atoms with Gasteiger partial charge < -0.3 is 9.88 Å². The zero-order chi connectivity index (χ0) is 31.6. The summed E-state index contributed by atoms with van der Waals surface area (Å²) in [7, 11) is 0. The molecule has 0 radical (unpaired) electrons. The van der Waals surface area contributed by atoms with Gasteiger partial charge in [-0.2, -0.15) is 0 Å². The molecule has 226 valence electrons. The molecule has 48 heavy (non-hydrogen) atoms. The van der Waals surface area contributed by atoms with Gasteiger partial charge in [0.15, 0.2) is 0 Å². The third-order valence-corrected chi connectivity index (χ3v) is 10.9. The van der Waals surface area contributed by atoms with Crippen molar-refractivity contribution in [2.24, 2.45) is 4.99 Å². The summed E-state index contributed by atoms with van der Waals surface area (Å²) >= 11 is 1.92. The summed E-state index contributed by atoms with van der Waals surface area (Å²) in [5, 5.41) is 11.6. The maximum absolute atomic E-state index is 5.12. The molecule has 1 aliphatic heterocycles. The Balaban J connectivity index is 1.16. The predicted octanol–water partition coefficient (Wildman–Crippen LogP) is 11.4. The van der Waals surface area contributed by atoms with E-state index in [-0.39, 0.29) is 6.17 Å². The highest BCUT2D eigenvalue weighted by molar-refractivity contribution is 7.27. The van der Waals surface area contributed by atoms with Gasteiger partial charge >= 0.3 is 0 Å². The Morgan fingerprint density at radius 3 is 1.88 bits per heavy atom. The number of thiophene rings is 1. The van der Waals surface area contributed by atoms with E-state index in [2.05, 4.69) is 162 Å². The van der Waals surface area contributed by atoms with Gasteiger partial charge in [0.05, 0.1) is 21.4 Å². The molecule has 0 amide bonds. The van der Waals surface area contributed by atoms with E-state index in [0.717, 1.165) is 33.8 Å². The second-order valence-corrected chi connectivity index (χ2v) is 13.4. The van der Waals surface area contributed by atoms with Gasteiger partial charge in [-0.05, 0) is 57.1 Å². The third-order valence-electron chi connectivity index (χ3n) is 9.62. The average Bonchev–Trinajstić information content (AvgIpc) is 3.71. The Hall–Kier alpha value is -5.97. The van der Waals surface area contributed by atoms with Crippen LogP contribution in [0.25, 0.3) is 64.1 Å². The lowest BCUT2D eigenvalue weighted by molar-refractivity contribution is 0.664. The normalized spacial score (nSPS) is 14.9. The van der Waals surface area contributed by atoms with E-state index in [0.29, 0.717) is 0 Å². The van der Waals surface area contributed by atoms with Crippen LogP contribution in [0.5, 0.6) is 0 Å². The molecule has 9 aromatic rings. The molecule has 2 aromatic heterocycles. The second-order valence-electron chi connectivity index (χ2n) is 12.4. The standard InChI is InChI=1S/C44H29N3S/c1-3-13-28(14-4-1)37-27-38(46-44(45-37)30-15-5-2-6-16-30)29-23-25-31(26-24-29)47-39-22-12-11-21-36(39)43-41(47)40-34-19-9-7-17-32(34)33-18-8-10-20-35(33)42(40)48-43/h1-27,44,46H. The fourth-order valence-electron chi connectivity index (χ4n) is 7.41. The Morgan fingerprint density at radius 1 is 0.521 bits per heavy atom. The van der Waals surface area contributed by atoms with E-state index in [9.17, 15) is 0 Å². The molecule has 1 N–H and O–H groups in total. The minimum absolute atomic E-state index is 0.172. The number of fused-ring (bicyclic) bond motifs is 10. The molecule has 7 aromatic carbocycles. The molecule has 1 atom stereocenters. The zero-order valence-corrected chi connectivity index (χ0v) is 26.8. The van der Waals surface area contributed by atoms with Gasteiger partial charge in [0, 0.05) is 32.2 Å². The van der Waals surface area contributed by atoms with Crippen LogP contribution in [0.1, 0.15) is 22.9 Å². The molecule has 1 aliphatic rings. The summed E-state index contributed by atoms with van der Waals surface area (Å²) in [5.41, 5.74) is 9.07. The van der Waals surface area contributed by atoms with E-state index in [1.165, 1.54) is 52.8 Å². The van der Waals surface area contributed by atoms with Crippen LogP contribution in [-0.4, -0.2) is 10.3 Å². The maximum atomic E-state index is 5.12. The Bertz CT molecular complexity index is 2730. The summed E-state index contributed by atoms with van der Waals surface area (Å²) in [4.78, 5) is 5.12. The molecule has 3 nitrogen and oxygen atoms in total. The van der Waals surface area contributed by atoms with E-state index in [1.54, 1.807) is 0 Å². The predicted molar refractivity (Wildman–Crippen MR) is 204 cm³/mol. The molecule has 0 fully saturated rings. The van der Waals surface area contributed by atoms with Crippen molar-refractivity contribution in [3.63, 3.8) is 0 Å². The first-order valence-corrected chi connectivity index (χ1v) is 17.2. The summed E-state index contributed by atoms with van der Waals surface area (Å²) in [6.45, 7) is 0. The lowest BCUT2D eigenvalue weighted by Crippen LogP contribution is -2.24. The monoisotopic (exact) mass is 631 g/mol. The van der Waals surface area contributed by atoms with E-state index in [1.807, 2.05) is 23.5 Å². The van der Waals surface area contributed by atoms with Gasteiger partial charge in [-0.3, -0.25) is 4.99 Å². The number of allylic oxidation sites excluding steroid dienone is 1. The van der Waals surface area contributed by atoms with Gasteiger partial charge in [-0.1, -0.05) is 140 Å². The molecule has 0 saturated heterocycles. The molecule has 1 unspecified atom stereocenters. The molecular weight excluding hydrogens is 603 g/mol. The van der Waals surface area contributed by atoms with Gasteiger partial charge in [0.2, 0.25) is 0 Å². The van der Waals surface area contributed by atoms with Gasteiger partial charge in [0.1, 0.15) is 6.17 Å². The first-order valence-electron chi connectivity index (χ1n) is 16.3. The van der Waals surface area contributed by atoms with E-state index < -0.39 is 0 Å². The van der Waals surface area contributed by atoms with Crippen molar-refractivity contribution < 1.29 is 0 Å². The van der Waals surface area contributed by atoms with Crippen LogP contribution in [-0.2, 0) is 0 Å². The lowest BCUT2D eigenvalue weighted by Gasteiger charge is -2.25. The van der Waals surface area contributed by atoms with E-state index in [4.69, 9.17) is 4.99 Å². The number of para-hydroxylation sites is 1. The largest absolute Gasteiger partial charge is 0.360 e. The van der Waals surface area contributed by atoms with Crippen LogP contribution < -0.4 is 5.32 Å². The first kappa shape index (κ1) is 27.2. The highest BCUT2D eigenvalue weighted by atomic mass is 32.1. The van der Waals surface area contributed by atoms with E-state index >= 15 is 0 Å². The molecular formula is C44H29N3S. The molecule has 10 rings (SSSR count). The van der Waals surface area contributed by atoms with Gasteiger partial charge in [-0.25, -0.2) is 0 Å². The number of hydrogen-bond acceptors (Lipinski definition) is 3. The second kappa shape index (κ2) is 10.8. The highest BCUT2D eigenvalue weighted by Gasteiger charge is 2.23. The number of nitrogens with zero attached hydrogens (tertiary/aromatic N) is 2. The fourth-order valence-corrected chi connectivity index (χ4v) is 8.78. The van der Waals surface area contributed by atoms with Crippen LogP contribution in [0.3, 0.4) is 0 Å². The van der Waals surface area contributed by atoms with Gasteiger partial charge in [0.25, 0.3) is 0 Å². The molecule has 0 saturated carbocycles. The maximum Gasteiger partial charge on any atom is 0.145 e. The summed E-state index contributed by atoms with van der Waals surface area (Å²) in [5.74, 6) is 0. The van der Waals surface area contributed by atoms with Crippen molar-refractivity contribution in [1.29, 1.82) is 0 Å². The van der Waals surface area contributed by atoms with Crippen molar-refractivity contribution >= 4 is 75.5 Å². The molecule has 4 heteroatoms. The number of rotatable bonds is 4. The van der Waals surface area contributed by atoms with Gasteiger partial charge in [-0.15, -0.1) is 11.3 Å². The van der Waals surface area contributed by atoms with Crippen molar-refractivity contribution in [1.82, 2.24) is 9.88 Å². The Morgan fingerprint density at radius 2 is 1.12 bits per heavy atom. The zero-order valence-electron chi connectivity index (χ0n) is 26.0. The topological polar surface area (TPSA) is 29.3 Å². The third kappa shape index (κ3) is 4.16. The van der Waals surface area contributed by atoms with Crippen molar-refractivity contribution in [3.8, 4) is 5.69 Å². The Labute approximate surface area is 281 Å². The SMILES string of the molecule is C1=C(c2ccc(-n3c4ccccc4c4sc5c6ccccc6c6ccccc6c5c43)cc2)NC(c2ccccc2)N=C1c1ccccc1. The van der Waals surface area contributed by atoms with Crippen molar-refractivity contribution in [3.05, 3.63) is 180 Å². The summed E-state index contributed by atoms with van der Waals surface area (Å²) < 4.78 is 5.15. The molecule has 0 bridgehead atoms. The first-order chi connectivity index (χ1) is 23.8. The van der Waals surface area contributed by atoms with Crippen LogP contribution in [0, 0.1) is 0 Å². The lowest BCUT2D eigenvalue weighted by atomic mass is 9.98. The summed E-state index contributed by atoms with van der Waals surface area (Å²) in [6.07, 6.45) is 2.01. The minimum atomic E-state index is -0.172. The minimum Gasteiger partial charge on any atom is -0.360 e. The fraction of sp³-hybridized carbons (Fsp3) is 0.0227. The quantitative estimate of drug-likeness (QED) is 0.192. The number of aromatic nitrogens is 1. The number of aliphatic imine (C=N–C) groups is 1. The molecule has 3 heterocycles. The molecule has 0 spiro atoms. The number of nitrogens with one attached hydrogen (secondary N) is 1.